The maximum Gasteiger partial charge on any atom is 0.460 e. The summed E-state index contributed by atoms with van der Waals surface area (Å²) in [5, 5.41) is 9.10. The van der Waals surface area contributed by atoms with E-state index in [0.717, 1.165) is 25.7 Å². The summed E-state index contributed by atoms with van der Waals surface area (Å²) in [7, 11) is 0. The molecule has 0 aromatic carbocycles. The van der Waals surface area contributed by atoms with Crippen molar-refractivity contribution < 1.29 is 82.0 Å². The second-order valence-electron chi connectivity index (χ2n) is 7.45. The maximum absolute atomic E-state index is 13.7. The second-order valence-corrected chi connectivity index (χ2v) is 8.35. The van der Waals surface area contributed by atoms with E-state index >= 15 is 0 Å². The van der Waals surface area contributed by atoms with Crippen LogP contribution in [0.3, 0.4) is 0 Å². The largest absolute Gasteiger partial charge is 0.466 e. The first-order valence-corrected chi connectivity index (χ1v) is 11.1. The zero-order valence-corrected chi connectivity index (χ0v) is 19.7. The molecule has 0 fully saturated rings. The van der Waals surface area contributed by atoms with Gasteiger partial charge in [0.2, 0.25) is 0 Å². The molecule has 0 saturated carbocycles. The van der Waals surface area contributed by atoms with Crippen LogP contribution in [0.5, 0.6) is 0 Å². The van der Waals surface area contributed by atoms with Crippen LogP contribution in [0.2, 0.25) is 0 Å². The molecule has 0 radical (unpaired) electrons. The Morgan fingerprint density at radius 2 is 1.32 bits per heavy atom. The average molecular weight is 592 g/mol. The summed E-state index contributed by atoms with van der Waals surface area (Å²) in [6.45, 7) is -1.27. The number of carbonyl (C=O) groups excluding carboxylic acids is 2. The first-order valence-electron chi connectivity index (χ1n) is 10.3. The minimum Gasteiger partial charge on any atom is -0.466 e. The molecule has 0 aromatic heterocycles. The maximum atomic E-state index is 13.7. The van der Waals surface area contributed by atoms with E-state index in [0.29, 0.717) is 12.8 Å². The SMILES string of the molecule is CCCCCCCCOC(=O)CC(SOOO)C(=O)OCC(F)(F)C(F)(F)C(F)(F)C(F)(F)C(F)(F)F. The molecule has 0 spiro atoms. The van der Waals surface area contributed by atoms with Crippen LogP contribution in [0.15, 0.2) is 0 Å². The van der Waals surface area contributed by atoms with Crippen molar-refractivity contribution in [3.05, 3.63) is 0 Å². The minimum absolute atomic E-state index is 0.151. The van der Waals surface area contributed by atoms with Gasteiger partial charge in [-0.3, -0.25) is 9.59 Å². The number of esters is 2. The third-order valence-electron chi connectivity index (χ3n) is 4.56. The number of rotatable bonds is 18. The van der Waals surface area contributed by atoms with Gasteiger partial charge in [-0.2, -0.15) is 48.3 Å². The normalized spacial score (nSPS) is 14.4. The van der Waals surface area contributed by atoms with Gasteiger partial charge in [0.25, 0.3) is 0 Å². The fraction of sp³-hybridized carbons (Fsp3) is 0.889. The summed E-state index contributed by atoms with van der Waals surface area (Å²) in [6, 6.07) is 0. The lowest BCUT2D eigenvalue weighted by Gasteiger charge is -2.37. The molecule has 220 valence electrons. The van der Waals surface area contributed by atoms with Gasteiger partial charge in [-0.25, -0.2) is 5.26 Å². The van der Waals surface area contributed by atoms with Gasteiger partial charge in [0.15, 0.2) is 6.61 Å². The van der Waals surface area contributed by atoms with Crippen LogP contribution < -0.4 is 0 Å². The molecule has 0 aliphatic rings. The van der Waals surface area contributed by atoms with Crippen molar-refractivity contribution in [1.29, 1.82) is 0 Å². The molecule has 0 saturated heterocycles. The highest BCUT2D eigenvalue weighted by Gasteiger charge is 2.87. The highest BCUT2D eigenvalue weighted by Crippen LogP contribution is 2.57. The number of hydrogen-bond acceptors (Lipinski definition) is 8. The van der Waals surface area contributed by atoms with E-state index in [9.17, 15) is 57.9 Å². The molecule has 0 aliphatic carbocycles. The summed E-state index contributed by atoms with van der Waals surface area (Å²) in [6.07, 6.45) is -3.65. The van der Waals surface area contributed by atoms with Crippen LogP contribution in [-0.4, -0.2) is 65.5 Å². The van der Waals surface area contributed by atoms with Crippen molar-refractivity contribution in [2.75, 3.05) is 13.2 Å². The molecular weight excluding hydrogens is 569 g/mol. The fourth-order valence-corrected chi connectivity index (χ4v) is 2.93. The number of hydrogen-bond donors (Lipinski definition) is 1. The van der Waals surface area contributed by atoms with Gasteiger partial charge in [-0.1, -0.05) is 44.1 Å². The molecular formula is C18H23F11O7S. The molecule has 19 heteroatoms. The van der Waals surface area contributed by atoms with Crippen LogP contribution in [0.1, 0.15) is 51.9 Å². The quantitative estimate of drug-likeness (QED) is 0.0491. The van der Waals surface area contributed by atoms with E-state index in [4.69, 9.17) is 9.99 Å². The highest BCUT2D eigenvalue weighted by atomic mass is 32.2. The fourth-order valence-electron chi connectivity index (χ4n) is 2.45. The smallest absolute Gasteiger partial charge is 0.460 e. The van der Waals surface area contributed by atoms with Crippen LogP contribution in [0.4, 0.5) is 48.3 Å². The number of carbonyl (C=O) groups is 2. The number of ether oxygens (including phenoxy) is 2. The zero-order valence-electron chi connectivity index (χ0n) is 18.9. The molecule has 7 nitrogen and oxygen atoms in total. The van der Waals surface area contributed by atoms with Crippen molar-refractivity contribution in [2.45, 2.75) is 87.0 Å². The Balaban J connectivity index is 5.21. The van der Waals surface area contributed by atoms with Gasteiger partial charge in [-0.05, 0) is 6.42 Å². The molecule has 1 N–H and O–H groups in total. The van der Waals surface area contributed by atoms with Crippen LogP contribution in [0.25, 0.3) is 0 Å². The van der Waals surface area contributed by atoms with Crippen LogP contribution >= 0.6 is 12.0 Å². The van der Waals surface area contributed by atoms with Gasteiger partial charge in [0.05, 0.1) is 25.1 Å². The Hall–Kier alpha value is -1.60. The van der Waals surface area contributed by atoms with E-state index in [1.807, 2.05) is 6.92 Å². The molecule has 0 heterocycles. The Kier molecular flexibility index (Phi) is 13.9. The third kappa shape index (κ3) is 9.58. The van der Waals surface area contributed by atoms with E-state index in [1.54, 1.807) is 0 Å². The van der Waals surface area contributed by atoms with Crippen molar-refractivity contribution in [2.24, 2.45) is 0 Å². The summed E-state index contributed by atoms with van der Waals surface area (Å²) >= 11 is -0.315. The van der Waals surface area contributed by atoms with Gasteiger partial charge >= 0.3 is 41.8 Å². The molecule has 0 aromatic rings. The Morgan fingerprint density at radius 3 is 1.84 bits per heavy atom. The lowest BCUT2D eigenvalue weighted by molar-refractivity contribution is -0.432. The average Bonchev–Trinajstić information content (AvgIpc) is 2.78. The first kappa shape index (κ1) is 35.4. The summed E-state index contributed by atoms with van der Waals surface area (Å²) in [5.74, 6) is -32.4. The number of alkyl halides is 11. The van der Waals surface area contributed by atoms with Gasteiger partial charge in [0, 0.05) is 0 Å². The molecule has 37 heavy (non-hydrogen) atoms. The molecule has 1 atom stereocenters. The van der Waals surface area contributed by atoms with Crippen LogP contribution in [-0.2, 0) is 28.4 Å². The topological polar surface area (TPSA) is 91.3 Å². The summed E-state index contributed by atoms with van der Waals surface area (Å²) in [4.78, 5) is 23.7. The molecule has 0 amide bonds. The van der Waals surface area contributed by atoms with Crippen molar-refractivity contribution >= 4 is 24.0 Å². The number of halogens is 11. The third-order valence-corrected chi connectivity index (χ3v) is 5.29. The van der Waals surface area contributed by atoms with Crippen molar-refractivity contribution in [3.63, 3.8) is 0 Å². The lowest BCUT2D eigenvalue weighted by atomic mass is 9.98. The predicted molar refractivity (Wildman–Crippen MR) is 102 cm³/mol. The minimum atomic E-state index is -7.67. The van der Waals surface area contributed by atoms with Gasteiger partial charge < -0.3 is 9.47 Å². The summed E-state index contributed by atoms with van der Waals surface area (Å²) < 4.78 is 155. The molecule has 1 unspecified atom stereocenters. The van der Waals surface area contributed by atoms with Crippen molar-refractivity contribution in [3.8, 4) is 0 Å². The Bertz CT molecular complexity index is 721. The highest BCUT2D eigenvalue weighted by molar-refractivity contribution is 7.95. The van der Waals surface area contributed by atoms with E-state index < -0.39 is 60.1 Å². The second kappa shape index (κ2) is 14.5. The van der Waals surface area contributed by atoms with E-state index in [1.165, 1.54) is 0 Å². The first-order chi connectivity index (χ1) is 16.8. The monoisotopic (exact) mass is 592 g/mol. The van der Waals surface area contributed by atoms with E-state index in [-0.39, 0.29) is 18.6 Å². The summed E-state index contributed by atoms with van der Waals surface area (Å²) in [5.41, 5.74) is 0. The van der Waals surface area contributed by atoms with E-state index in [2.05, 4.69) is 14.1 Å². The zero-order chi connectivity index (χ0) is 29.1. The predicted octanol–water partition coefficient (Wildman–Crippen LogP) is 6.36. The standard InChI is InChI=1S/C18H23F11O7S/c1-2-3-4-5-6-7-8-33-12(30)9-11(37-36-35-32)13(31)34-10-14(19,20)15(21,22)16(23,24)17(25,26)18(27,28)29/h11,32H,2-10H2,1H3. The molecule has 0 rings (SSSR count). The molecule has 0 bridgehead atoms. The Morgan fingerprint density at radius 1 is 0.784 bits per heavy atom. The van der Waals surface area contributed by atoms with Gasteiger partial charge in [0.1, 0.15) is 5.25 Å². The Labute approximate surface area is 207 Å². The number of unbranched alkanes of at least 4 members (excludes halogenated alkanes) is 5. The van der Waals surface area contributed by atoms with Gasteiger partial charge in [-0.15, -0.1) is 4.33 Å². The van der Waals surface area contributed by atoms with Crippen LogP contribution in [0, 0.1) is 0 Å². The van der Waals surface area contributed by atoms with Crippen molar-refractivity contribution in [1.82, 2.24) is 0 Å². The molecule has 0 aliphatic heterocycles. The lowest BCUT2D eigenvalue weighted by Crippen LogP contribution is -2.67.